The summed E-state index contributed by atoms with van der Waals surface area (Å²) in [4.78, 5) is 13.5. The van der Waals surface area contributed by atoms with Gasteiger partial charge >= 0.3 is 5.97 Å². The number of halogens is 1. The molecule has 208 valence electrons. The molecule has 4 aromatic carbocycles. The van der Waals surface area contributed by atoms with Gasteiger partial charge < -0.3 is 25.1 Å². The minimum atomic E-state index is -1.04. The number of nitrogens with two attached hydrogens (primary N) is 1. The SMILES string of the molecule is COc1ccc(Oc2ccccc2CN(CCC(N)C(=O)O)Cc2ccccc2OCc2ccccc2F)cc1. The number of carboxylic acid groups (broad SMARTS) is 1. The molecule has 0 aromatic heterocycles. The van der Waals surface area contributed by atoms with Crippen LogP contribution in [0.25, 0.3) is 0 Å². The summed E-state index contributed by atoms with van der Waals surface area (Å²) in [7, 11) is 1.61. The fourth-order valence-electron chi connectivity index (χ4n) is 4.19. The molecule has 0 heterocycles. The van der Waals surface area contributed by atoms with Crippen molar-refractivity contribution in [2.45, 2.75) is 32.2 Å². The number of methoxy groups -OCH3 is 1. The second kappa shape index (κ2) is 14.1. The van der Waals surface area contributed by atoms with Crippen molar-refractivity contribution in [2.24, 2.45) is 5.73 Å². The third kappa shape index (κ3) is 8.05. The van der Waals surface area contributed by atoms with Crippen LogP contribution in [-0.2, 0) is 24.5 Å². The van der Waals surface area contributed by atoms with E-state index in [4.69, 9.17) is 19.9 Å². The molecule has 4 rings (SSSR count). The zero-order valence-electron chi connectivity index (χ0n) is 22.3. The summed E-state index contributed by atoms with van der Waals surface area (Å²) < 4.78 is 31.6. The van der Waals surface area contributed by atoms with E-state index in [0.717, 1.165) is 16.9 Å². The average molecular weight is 545 g/mol. The average Bonchev–Trinajstić information content (AvgIpc) is 2.97. The van der Waals surface area contributed by atoms with Gasteiger partial charge in [-0.15, -0.1) is 0 Å². The smallest absolute Gasteiger partial charge is 0.320 e. The van der Waals surface area contributed by atoms with Gasteiger partial charge in [-0.3, -0.25) is 9.69 Å². The first kappa shape index (κ1) is 28.6. The van der Waals surface area contributed by atoms with Crippen LogP contribution in [0.5, 0.6) is 23.0 Å². The Hall–Kier alpha value is -4.40. The van der Waals surface area contributed by atoms with E-state index >= 15 is 0 Å². The lowest BCUT2D eigenvalue weighted by atomic mass is 10.1. The molecule has 0 amide bonds. The fourth-order valence-corrected chi connectivity index (χ4v) is 4.19. The lowest BCUT2D eigenvalue weighted by Crippen LogP contribution is -2.35. The number of hydrogen-bond donors (Lipinski definition) is 2. The van der Waals surface area contributed by atoms with Crippen molar-refractivity contribution >= 4 is 5.97 Å². The Labute approximate surface area is 233 Å². The highest BCUT2D eigenvalue weighted by Crippen LogP contribution is 2.29. The predicted octanol–water partition coefficient (Wildman–Crippen LogP) is 6.01. The van der Waals surface area contributed by atoms with Gasteiger partial charge in [0.25, 0.3) is 0 Å². The van der Waals surface area contributed by atoms with Crippen LogP contribution >= 0.6 is 0 Å². The largest absolute Gasteiger partial charge is 0.497 e. The van der Waals surface area contributed by atoms with Crippen LogP contribution in [0.3, 0.4) is 0 Å². The fraction of sp³-hybridized carbons (Fsp3) is 0.219. The monoisotopic (exact) mass is 544 g/mol. The van der Waals surface area contributed by atoms with E-state index in [-0.39, 0.29) is 18.8 Å². The van der Waals surface area contributed by atoms with Gasteiger partial charge in [-0.25, -0.2) is 4.39 Å². The molecule has 3 N–H and O–H groups in total. The van der Waals surface area contributed by atoms with Crippen LogP contribution in [0, 0.1) is 5.82 Å². The van der Waals surface area contributed by atoms with Crippen molar-refractivity contribution in [1.29, 1.82) is 0 Å². The number of aliphatic carboxylic acids is 1. The Morgan fingerprint density at radius 1 is 0.825 bits per heavy atom. The number of carbonyl (C=O) groups is 1. The van der Waals surface area contributed by atoms with Gasteiger partial charge in [0, 0.05) is 36.3 Å². The Kier molecular flexibility index (Phi) is 10.1. The maximum absolute atomic E-state index is 14.2. The van der Waals surface area contributed by atoms with Gasteiger partial charge in [-0.05, 0) is 48.9 Å². The van der Waals surface area contributed by atoms with Crippen LogP contribution in [0.4, 0.5) is 4.39 Å². The molecular weight excluding hydrogens is 511 g/mol. The summed E-state index contributed by atoms with van der Waals surface area (Å²) in [5.41, 5.74) is 8.11. The molecule has 0 fully saturated rings. The summed E-state index contributed by atoms with van der Waals surface area (Å²) in [6.07, 6.45) is 0.259. The molecule has 0 aliphatic rings. The second-order valence-electron chi connectivity index (χ2n) is 9.32. The maximum Gasteiger partial charge on any atom is 0.320 e. The molecule has 1 atom stereocenters. The van der Waals surface area contributed by atoms with Crippen LogP contribution in [0.1, 0.15) is 23.1 Å². The molecule has 0 aliphatic heterocycles. The molecule has 0 bridgehead atoms. The van der Waals surface area contributed by atoms with E-state index in [1.807, 2.05) is 72.8 Å². The summed E-state index contributed by atoms with van der Waals surface area (Å²) in [5, 5.41) is 9.34. The number of hydrogen-bond acceptors (Lipinski definition) is 6. The summed E-state index contributed by atoms with van der Waals surface area (Å²) in [6.45, 7) is 1.44. The van der Waals surface area contributed by atoms with E-state index in [1.54, 1.807) is 25.3 Å². The van der Waals surface area contributed by atoms with E-state index in [2.05, 4.69) is 4.90 Å². The maximum atomic E-state index is 14.2. The van der Waals surface area contributed by atoms with Crippen molar-refractivity contribution in [1.82, 2.24) is 4.90 Å². The van der Waals surface area contributed by atoms with E-state index < -0.39 is 12.0 Å². The van der Waals surface area contributed by atoms with Gasteiger partial charge in [-0.1, -0.05) is 54.6 Å². The van der Waals surface area contributed by atoms with Crippen molar-refractivity contribution in [3.63, 3.8) is 0 Å². The van der Waals surface area contributed by atoms with Gasteiger partial charge in [0.2, 0.25) is 0 Å². The lowest BCUT2D eigenvalue weighted by Gasteiger charge is -2.25. The molecule has 0 spiro atoms. The number of para-hydroxylation sites is 2. The Morgan fingerprint density at radius 3 is 2.00 bits per heavy atom. The summed E-state index contributed by atoms with van der Waals surface area (Å²) in [5.74, 6) is 1.34. The first-order valence-corrected chi connectivity index (χ1v) is 13.0. The minimum absolute atomic E-state index is 0.0894. The van der Waals surface area contributed by atoms with Crippen molar-refractivity contribution in [2.75, 3.05) is 13.7 Å². The van der Waals surface area contributed by atoms with Crippen molar-refractivity contribution in [3.05, 3.63) is 120 Å². The van der Waals surface area contributed by atoms with Crippen LogP contribution < -0.4 is 19.9 Å². The third-order valence-corrected chi connectivity index (χ3v) is 6.43. The molecule has 40 heavy (non-hydrogen) atoms. The summed E-state index contributed by atoms with van der Waals surface area (Å²) in [6, 6.07) is 28.1. The normalized spacial score (nSPS) is 11.7. The molecule has 0 saturated heterocycles. The molecule has 1 unspecified atom stereocenters. The van der Waals surface area contributed by atoms with E-state index in [1.165, 1.54) is 6.07 Å². The molecule has 4 aromatic rings. The standard InChI is InChI=1S/C32H33FN2O5/c1-38-26-14-16-27(17-15-26)40-31-13-7-4-9-24(31)21-35(19-18-29(34)32(36)37)20-23-8-3-6-12-30(23)39-22-25-10-2-5-11-28(25)33/h2-17,29H,18-22,34H2,1H3,(H,36,37). The van der Waals surface area contributed by atoms with E-state index in [0.29, 0.717) is 42.4 Å². The zero-order chi connectivity index (χ0) is 28.3. The molecule has 0 aliphatic carbocycles. The van der Waals surface area contributed by atoms with Crippen LogP contribution in [-0.4, -0.2) is 35.7 Å². The second-order valence-corrected chi connectivity index (χ2v) is 9.32. The number of benzene rings is 4. The number of rotatable bonds is 14. The van der Waals surface area contributed by atoms with Gasteiger partial charge in [0.05, 0.1) is 7.11 Å². The predicted molar refractivity (Wildman–Crippen MR) is 151 cm³/mol. The highest BCUT2D eigenvalue weighted by molar-refractivity contribution is 5.73. The highest BCUT2D eigenvalue weighted by atomic mass is 19.1. The Morgan fingerprint density at radius 2 is 1.38 bits per heavy atom. The summed E-state index contributed by atoms with van der Waals surface area (Å²) >= 11 is 0. The first-order valence-electron chi connectivity index (χ1n) is 13.0. The minimum Gasteiger partial charge on any atom is -0.497 e. The third-order valence-electron chi connectivity index (χ3n) is 6.43. The van der Waals surface area contributed by atoms with E-state index in [9.17, 15) is 14.3 Å². The first-order chi connectivity index (χ1) is 19.4. The highest BCUT2D eigenvalue weighted by Gasteiger charge is 2.18. The van der Waals surface area contributed by atoms with Crippen molar-refractivity contribution in [3.8, 4) is 23.0 Å². The molecule has 8 heteroatoms. The molecule has 0 radical (unpaired) electrons. The molecule has 7 nitrogen and oxygen atoms in total. The quantitative estimate of drug-likeness (QED) is 0.201. The molecule has 0 saturated carbocycles. The Bertz CT molecular complexity index is 1400. The van der Waals surface area contributed by atoms with Gasteiger partial charge in [0.1, 0.15) is 41.5 Å². The van der Waals surface area contributed by atoms with Crippen molar-refractivity contribution < 1.29 is 28.5 Å². The number of carboxylic acids is 1. The lowest BCUT2D eigenvalue weighted by molar-refractivity contribution is -0.138. The van der Waals surface area contributed by atoms with Gasteiger partial charge in [-0.2, -0.15) is 0 Å². The van der Waals surface area contributed by atoms with Crippen LogP contribution in [0.15, 0.2) is 97.1 Å². The number of ether oxygens (including phenoxy) is 3. The topological polar surface area (TPSA) is 94.2 Å². The van der Waals surface area contributed by atoms with Crippen LogP contribution in [0.2, 0.25) is 0 Å². The Balaban J connectivity index is 1.54. The number of nitrogens with zero attached hydrogens (tertiary/aromatic N) is 1. The zero-order valence-corrected chi connectivity index (χ0v) is 22.3. The molecular formula is C32H33FN2O5. The van der Waals surface area contributed by atoms with Gasteiger partial charge in [0.15, 0.2) is 0 Å².